The zero-order valence-corrected chi connectivity index (χ0v) is 22.1. The molecule has 36 heavy (non-hydrogen) atoms. The molecular formula is C30H42N6. The number of benzene rings is 2. The van der Waals surface area contributed by atoms with Crippen LogP contribution in [0.4, 0.5) is 5.82 Å². The second-order valence-electron chi connectivity index (χ2n) is 10.8. The van der Waals surface area contributed by atoms with Gasteiger partial charge in [-0.1, -0.05) is 42.5 Å². The van der Waals surface area contributed by atoms with Crippen molar-refractivity contribution in [1.82, 2.24) is 24.7 Å². The number of nitrogens with zero attached hydrogens (tertiary/aromatic N) is 5. The summed E-state index contributed by atoms with van der Waals surface area (Å²) < 4.78 is 0. The summed E-state index contributed by atoms with van der Waals surface area (Å²) in [5, 5.41) is 4.69. The van der Waals surface area contributed by atoms with E-state index in [2.05, 4.69) is 88.7 Å². The molecule has 2 fully saturated rings. The number of nitrogens with one attached hydrogen (secondary N) is 1. The normalized spacial score (nSPS) is 21.8. The second-order valence-corrected chi connectivity index (χ2v) is 10.8. The summed E-state index contributed by atoms with van der Waals surface area (Å²) in [5.41, 5.74) is 2.56. The van der Waals surface area contributed by atoms with Crippen molar-refractivity contribution in [1.29, 1.82) is 0 Å². The molecule has 0 unspecified atom stereocenters. The Balaban J connectivity index is 1.14. The minimum Gasteiger partial charge on any atom is -0.369 e. The molecule has 1 aliphatic heterocycles. The molecule has 0 spiro atoms. The van der Waals surface area contributed by atoms with Gasteiger partial charge in [-0.05, 0) is 76.4 Å². The Hall–Kier alpha value is -2.54. The first kappa shape index (κ1) is 25.1. The number of piperazine rings is 1. The van der Waals surface area contributed by atoms with E-state index in [4.69, 9.17) is 9.97 Å². The molecule has 3 aromatic rings. The van der Waals surface area contributed by atoms with Crippen LogP contribution in [0.25, 0.3) is 10.9 Å². The first-order chi connectivity index (χ1) is 17.7. The van der Waals surface area contributed by atoms with E-state index >= 15 is 0 Å². The molecule has 1 aliphatic carbocycles. The number of anilines is 1. The highest BCUT2D eigenvalue weighted by Gasteiger charge is 2.29. The SMILES string of the molecule is CN(C)CCCNc1nc(CN2CCN(C3CCC(c4ccccc4)CC3)CC2)nc2ccccc12. The molecule has 1 aromatic heterocycles. The van der Waals surface area contributed by atoms with Gasteiger partial charge in [-0.25, -0.2) is 9.97 Å². The molecule has 0 amide bonds. The van der Waals surface area contributed by atoms with Crippen molar-refractivity contribution in [2.24, 2.45) is 0 Å². The number of para-hydroxylation sites is 1. The van der Waals surface area contributed by atoms with Crippen LogP contribution in [0.15, 0.2) is 54.6 Å². The van der Waals surface area contributed by atoms with Crippen molar-refractivity contribution in [2.45, 2.75) is 50.6 Å². The lowest BCUT2D eigenvalue weighted by atomic mass is 9.81. The van der Waals surface area contributed by atoms with E-state index < -0.39 is 0 Å². The van der Waals surface area contributed by atoms with E-state index in [9.17, 15) is 0 Å². The molecule has 2 aliphatic rings. The van der Waals surface area contributed by atoms with Crippen LogP contribution in [-0.4, -0.2) is 84.1 Å². The zero-order chi connectivity index (χ0) is 24.7. The van der Waals surface area contributed by atoms with E-state index in [0.29, 0.717) is 0 Å². The monoisotopic (exact) mass is 486 g/mol. The lowest BCUT2D eigenvalue weighted by Gasteiger charge is -2.42. The fourth-order valence-corrected chi connectivity index (χ4v) is 5.92. The Morgan fingerprint density at radius 2 is 1.58 bits per heavy atom. The maximum absolute atomic E-state index is 4.97. The Morgan fingerprint density at radius 3 is 2.33 bits per heavy atom. The molecule has 0 radical (unpaired) electrons. The smallest absolute Gasteiger partial charge is 0.145 e. The molecule has 2 aromatic carbocycles. The van der Waals surface area contributed by atoms with E-state index in [-0.39, 0.29) is 0 Å². The first-order valence-electron chi connectivity index (χ1n) is 13.8. The minimum absolute atomic E-state index is 0.750. The van der Waals surface area contributed by atoms with Gasteiger partial charge >= 0.3 is 0 Å². The summed E-state index contributed by atoms with van der Waals surface area (Å²) in [5.74, 6) is 2.66. The highest BCUT2D eigenvalue weighted by molar-refractivity contribution is 5.88. The minimum atomic E-state index is 0.750. The van der Waals surface area contributed by atoms with Crippen molar-refractivity contribution in [3.8, 4) is 0 Å². The Labute approximate surface area is 216 Å². The van der Waals surface area contributed by atoms with Crippen LogP contribution in [0.3, 0.4) is 0 Å². The number of hydrogen-bond acceptors (Lipinski definition) is 6. The van der Waals surface area contributed by atoms with E-state index in [1.54, 1.807) is 0 Å². The molecule has 0 atom stereocenters. The summed E-state index contributed by atoms with van der Waals surface area (Å²) in [7, 11) is 4.24. The number of rotatable bonds is 9. The summed E-state index contributed by atoms with van der Waals surface area (Å²) in [6.45, 7) is 7.32. The molecule has 192 valence electrons. The number of aromatic nitrogens is 2. The third kappa shape index (κ3) is 6.41. The van der Waals surface area contributed by atoms with Crippen LogP contribution >= 0.6 is 0 Å². The Bertz CT molecular complexity index is 1090. The van der Waals surface area contributed by atoms with Crippen molar-refractivity contribution < 1.29 is 0 Å². The molecule has 5 rings (SSSR count). The van der Waals surface area contributed by atoms with Gasteiger partial charge in [-0.3, -0.25) is 9.80 Å². The van der Waals surface area contributed by atoms with Gasteiger partial charge < -0.3 is 10.2 Å². The van der Waals surface area contributed by atoms with Gasteiger partial charge in [0.15, 0.2) is 0 Å². The standard InChI is InChI=1S/C30H42N6/c1-34(2)18-8-17-31-30-27-11-6-7-12-28(27)32-29(33-30)23-35-19-21-36(22-20-35)26-15-13-25(14-16-26)24-9-4-3-5-10-24/h3-7,9-12,25-26H,8,13-23H2,1-2H3,(H,31,32,33). The maximum Gasteiger partial charge on any atom is 0.145 e. The average molecular weight is 487 g/mol. The van der Waals surface area contributed by atoms with Crippen LogP contribution in [-0.2, 0) is 6.54 Å². The Kier molecular flexibility index (Phi) is 8.47. The average Bonchev–Trinajstić information content (AvgIpc) is 2.92. The van der Waals surface area contributed by atoms with Gasteiger partial charge in [0.05, 0.1) is 12.1 Å². The summed E-state index contributed by atoms with van der Waals surface area (Å²) >= 11 is 0. The third-order valence-electron chi connectivity index (χ3n) is 7.98. The van der Waals surface area contributed by atoms with Gasteiger partial charge in [0.2, 0.25) is 0 Å². The highest BCUT2D eigenvalue weighted by Crippen LogP contribution is 2.35. The fraction of sp³-hybridized carbons (Fsp3) is 0.533. The quantitative estimate of drug-likeness (QED) is 0.437. The van der Waals surface area contributed by atoms with Gasteiger partial charge in [-0.15, -0.1) is 0 Å². The summed E-state index contributed by atoms with van der Waals surface area (Å²) in [4.78, 5) is 17.4. The van der Waals surface area contributed by atoms with Crippen molar-refractivity contribution in [2.75, 3.05) is 58.7 Å². The van der Waals surface area contributed by atoms with Gasteiger partial charge in [0, 0.05) is 44.2 Å². The van der Waals surface area contributed by atoms with Crippen LogP contribution in [0.2, 0.25) is 0 Å². The van der Waals surface area contributed by atoms with Crippen molar-refractivity contribution in [3.05, 3.63) is 66.0 Å². The van der Waals surface area contributed by atoms with Gasteiger partial charge in [-0.2, -0.15) is 0 Å². The molecular weight excluding hydrogens is 444 g/mol. The predicted octanol–water partition coefficient (Wildman–Crippen LogP) is 4.84. The number of fused-ring (bicyclic) bond motifs is 1. The predicted molar refractivity (Wildman–Crippen MR) is 149 cm³/mol. The van der Waals surface area contributed by atoms with Crippen molar-refractivity contribution in [3.63, 3.8) is 0 Å². The molecule has 6 heteroatoms. The Morgan fingerprint density at radius 1 is 0.861 bits per heavy atom. The van der Waals surface area contributed by atoms with Crippen LogP contribution in [0.1, 0.15) is 49.4 Å². The zero-order valence-electron chi connectivity index (χ0n) is 22.1. The second kappa shape index (κ2) is 12.1. The lowest BCUT2D eigenvalue weighted by molar-refractivity contribution is 0.0716. The highest BCUT2D eigenvalue weighted by atomic mass is 15.3. The van der Waals surface area contributed by atoms with Crippen LogP contribution < -0.4 is 5.32 Å². The molecule has 1 N–H and O–H groups in total. The van der Waals surface area contributed by atoms with E-state index in [0.717, 1.165) is 86.7 Å². The maximum atomic E-state index is 4.97. The molecule has 2 heterocycles. The molecule has 0 bridgehead atoms. The lowest BCUT2D eigenvalue weighted by Crippen LogP contribution is -2.50. The molecule has 6 nitrogen and oxygen atoms in total. The van der Waals surface area contributed by atoms with Gasteiger partial charge in [0.25, 0.3) is 0 Å². The topological polar surface area (TPSA) is 47.5 Å². The van der Waals surface area contributed by atoms with Crippen molar-refractivity contribution >= 4 is 16.7 Å². The van der Waals surface area contributed by atoms with Crippen LogP contribution in [0, 0.1) is 0 Å². The number of hydrogen-bond donors (Lipinski definition) is 1. The fourth-order valence-electron chi connectivity index (χ4n) is 5.92. The van der Waals surface area contributed by atoms with Crippen LogP contribution in [0.5, 0.6) is 0 Å². The first-order valence-corrected chi connectivity index (χ1v) is 13.8. The third-order valence-corrected chi connectivity index (χ3v) is 7.98. The molecule has 1 saturated heterocycles. The summed E-state index contributed by atoms with van der Waals surface area (Å²) in [6, 6.07) is 20.2. The van der Waals surface area contributed by atoms with Gasteiger partial charge in [0.1, 0.15) is 11.6 Å². The van der Waals surface area contributed by atoms with E-state index in [1.807, 2.05) is 0 Å². The van der Waals surface area contributed by atoms with E-state index in [1.165, 1.54) is 31.2 Å². The summed E-state index contributed by atoms with van der Waals surface area (Å²) in [6.07, 6.45) is 6.40. The molecule has 1 saturated carbocycles. The largest absolute Gasteiger partial charge is 0.369 e.